The molecule has 2 atom stereocenters. The Morgan fingerprint density at radius 2 is 1.94 bits per heavy atom. The van der Waals surface area contributed by atoms with Crippen molar-refractivity contribution in [2.75, 3.05) is 0 Å². The predicted octanol–water partition coefficient (Wildman–Crippen LogP) is 4.52. The Morgan fingerprint density at radius 1 is 1.29 bits per heavy atom. The highest BCUT2D eigenvalue weighted by atomic mass is 16.1. The maximum Gasteiger partial charge on any atom is 0.136 e. The first-order chi connectivity index (χ1) is 7.77. The number of carbonyl (C=O) groups excluding carboxylic acids is 1. The fraction of sp³-hybridized carbons (Fsp3) is 0.812. The molecule has 0 fully saturated rings. The minimum absolute atomic E-state index is 0.118. The van der Waals surface area contributed by atoms with Gasteiger partial charge in [-0.15, -0.1) is 0 Å². The average Bonchev–Trinajstić information content (AvgIpc) is 2.21. The summed E-state index contributed by atoms with van der Waals surface area (Å²) in [6.07, 6.45) is 6.04. The fourth-order valence-corrected chi connectivity index (χ4v) is 3.72. The zero-order valence-electron chi connectivity index (χ0n) is 12.0. The lowest BCUT2D eigenvalue weighted by Crippen LogP contribution is -2.40. The highest BCUT2D eigenvalue weighted by molar-refractivity contribution is 5.83. The summed E-state index contributed by atoms with van der Waals surface area (Å²) in [5, 5.41) is 0. The first-order valence-electron chi connectivity index (χ1n) is 7.00. The SMILES string of the molecule is CC(=O)[C@@]1(C)CC2=C(CCCC2(C)C)CC1C. The third-order valence-electron chi connectivity index (χ3n) is 5.51. The average molecular weight is 234 g/mol. The van der Waals surface area contributed by atoms with E-state index in [1.807, 2.05) is 0 Å². The van der Waals surface area contributed by atoms with E-state index in [0.717, 1.165) is 12.8 Å². The number of carbonyl (C=O) groups is 1. The largest absolute Gasteiger partial charge is 0.299 e. The topological polar surface area (TPSA) is 17.1 Å². The molecule has 0 spiro atoms. The quantitative estimate of drug-likeness (QED) is 0.610. The van der Waals surface area contributed by atoms with Crippen molar-refractivity contribution in [3.8, 4) is 0 Å². The van der Waals surface area contributed by atoms with Gasteiger partial charge in [0.1, 0.15) is 5.78 Å². The van der Waals surface area contributed by atoms with E-state index in [2.05, 4.69) is 27.7 Å². The third kappa shape index (κ3) is 1.98. The standard InChI is InChI=1S/C16H26O/c1-11-9-13-7-6-8-15(3,4)14(13)10-16(11,5)12(2)17/h11H,6-10H2,1-5H3/t11?,16-/m0/s1. The van der Waals surface area contributed by atoms with Crippen LogP contribution in [0.3, 0.4) is 0 Å². The van der Waals surface area contributed by atoms with Crippen LogP contribution in [-0.2, 0) is 4.79 Å². The molecule has 1 unspecified atom stereocenters. The number of hydrogen-bond acceptors (Lipinski definition) is 1. The molecule has 1 nitrogen and oxygen atoms in total. The summed E-state index contributed by atoms with van der Waals surface area (Å²) in [6.45, 7) is 10.9. The number of hydrogen-bond donors (Lipinski definition) is 0. The third-order valence-corrected chi connectivity index (χ3v) is 5.51. The molecule has 0 aliphatic heterocycles. The summed E-state index contributed by atoms with van der Waals surface area (Å²) in [7, 11) is 0. The van der Waals surface area contributed by atoms with Crippen LogP contribution in [0.2, 0.25) is 0 Å². The molecule has 17 heavy (non-hydrogen) atoms. The molecule has 0 aromatic heterocycles. The molecular formula is C16H26O. The number of rotatable bonds is 1. The molecule has 0 radical (unpaired) electrons. The molecule has 0 amide bonds. The van der Waals surface area contributed by atoms with Gasteiger partial charge in [0, 0.05) is 5.41 Å². The smallest absolute Gasteiger partial charge is 0.136 e. The van der Waals surface area contributed by atoms with Crippen LogP contribution < -0.4 is 0 Å². The Kier molecular flexibility index (Phi) is 3.00. The lowest BCUT2D eigenvalue weighted by Gasteiger charge is -2.47. The van der Waals surface area contributed by atoms with E-state index < -0.39 is 0 Å². The van der Waals surface area contributed by atoms with Crippen LogP contribution in [0.25, 0.3) is 0 Å². The molecule has 2 rings (SSSR count). The molecule has 0 bridgehead atoms. The maximum atomic E-state index is 12.0. The Balaban J connectivity index is 2.40. The van der Waals surface area contributed by atoms with Crippen molar-refractivity contribution < 1.29 is 4.79 Å². The Hall–Kier alpha value is -0.590. The molecule has 0 saturated heterocycles. The lowest BCUT2D eigenvalue weighted by atomic mass is 9.57. The van der Waals surface area contributed by atoms with Gasteiger partial charge in [0.15, 0.2) is 0 Å². The molecule has 2 aliphatic carbocycles. The summed E-state index contributed by atoms with van der Waals surface area (Å²) in [5.41, 5.74) is 3.49. The van der Waals surface area contributed by atoms with Crippen molar-refractivity contribution in [1.82, 2.24) is 0 Å². The molecule has 1 heteroatoms. The van der Waals surface area contributed by atoms with Gasteiger partial charge >= 0.3 is 0 Å². The van der Waals surface area contributed by atoms with Gasteiger partial charge in [-0.1, -0.05) is 38.8 Å². The fourth-order valence-electron chi connectivity index (χ4n) is 3.72. The number of allylic oxidation sites excluding steroid dienone is 2. The van der Waals surface area contributed by atoms with Gasteiger partial charge in [-0.2, -0.15) is 0 Å². The van der Waals surface area contributed by atoms with Crippen molar-refractivity contribution in [2.45, 2.75) is 66.7 Å². The molecule has 0 saturated carbocycles. The van der Waals surface area contributed by atoms with Crippen LogP contribution in [-0.4, -0.2) is 5.78 Å². The van der Waals surface area contributed by atoms with E-state index in [0.29, 0.717) is 17.1 Å². The zero-order valence-corrected chi connectivity index (χ0v) is 12.0. The molecule has 0 N–H and O–H groups in total. The van der Waals surface area contributed by atoms with Gasteiger partial charge in [-0.3, -0.25) is 4.79 Å². The van der Waals surface area contributed by atoms with E-state index in [4.69, 9.17) is 0 Å². The normalized spacial score (nSPS) is 36.6. The molecule has 0 aromatic rings. The molecule has 0 aromatic carbocycles. The van der Waals surface area contributed by atoms with E-state index in [1.54, 1.807) is 18.1 Å². The van der Waals surface area contributed by atoms with E-state index >= 15 is 0 Å². The van der Waals surface area contributed by atoms with E-state index in [9.17, 15) is 4.79 Å². The number of Topliss-reactive ketones (excluding diaryl/α,β-unsaturated/α-hetero) is 1. The second-order valence-corrected chi connectivity index (χ2v) is 7.08. The van der Waals surface area contributed by atoms with Crippen LogP contribution in [0.4, 0.5) is 0 Å². The van der Waals surface area contributed by atoms with E-state index in [1.165, 1.54) is 19.3 Å². The Labute approximate surface area is 106 Å². The summed E-state index contributed by atoms with van der Waals surface area (Å²) < 4.78 is 0. The van der Waals surface area contributed by atoms with Crippen LogP contribution in [0, 0.1) is 16.7 Å². The lowest BCUT2D eigenvalue weighted by molar-refractivity contribution is -0.128. The first kappa shape index (κ1) is 12.9. The summed E-state index contributed by atoms with van der Waals surface area (Å²) in [4.78, 5) is 12.0. The second-order valence-electron chi connectivity index (χ2n) is 7.08. The van der Waals surface area contributed by atoms with Gasteiger partial charge in [-0.05, 0) is 50.4 Å². The molecular weight excluding hydrogens is 208 g/mol. The summed E-state index contributed by atoms with van der Waals surface area (Å²) in [5.74, 6) is 0.880. The van der Waals surface area contributed by atoms with Crippen molar-refractivity contribution in [3.63, 3.8) is 0 Å². The van der Waals surface area contributed by atoms with Gasteiger partial charge in [-0.25, -0.2) is 0 Å². The maximum absolute atomic E-state index is 12.0. The molecule has 0 heterocycles. The minimum atomic E-state index is -0.118. The van der Waals surface area contributed by atoms with E-state index in [-0.39, 0.29) is 5.41 Å². The van der Waals surface area contributed by atoms with Crippen LogP contribution in [0.15, 0.2) is 11.1 Å². The number of ketones is 1. The van der Waals surface area contributed by atoms with Gasteiger partial charge in [0.05, 0.1) is 0 Å². The van der Waals surface area contributed by atoms with Crippen molar-refractivity contribution in [2.24, 2.45) is 16.7 Å². The van der Waals surface area contributed by atoms with Crippen molar-refractivity contribution >= 4 is 5.78 Å². The molecule has 96 valence electrons. The zero-order chi connectivity index (χ0) is 12.8. The first-order valence-corrected chi connectivity index (χ1v) is 7.00. The van der Waals surface area contributed by atoms with Crippen molar-refractivity contribution in [3.05, 3.63) is 11.1 Å². The van der Waals surface area contributed by atoms with Crippen molar-refractivity contribution in [1.29, 1.82) is 0 Å². The van der Waals surface area contributed by atoms with Crippen LogP contribution in [0.5, 0.6) is 0 Å². The summed E-state index contributed by atoms with van der Waals surface area (Å²) in [6, 6.07) is 0. The van der Waals surface area contributed by atoms with Gasteiger partial charge in [0.2, 0.25) is 0 Å². The minimum Gasteiger partial charge on any atom is -0.299 e. The highest BCUT2D eigenvalue weighted by Crippen LogP contribution is 2.53. The van der Waals surface area contributed by atoms with Gasteiger partial charge < -0.3 is 0 Å². The molecule has 2 aliphatic rings. The monoisotopic (exact) mass is 234 g/mol. The predicted molar refractivity (Wildman–Crippen MR) is 71.8 cm³/mol. The van der Waals surface area contributed by atoms with Gasteiger partial charge in [0.25, 0.3) is 0 Å². The van der Waals surface area contributed by atoms with Crippen LogP contribution in [0.1, 0.15) is 66.7 Å². The Morgan fingerprint density at radius 3 is 2.53 bits per heavy atom. The Bertz CT molecular complexity index is 375. The summed E-state index contributed by atoms with van der Waals surface area (Å²) >= 11 is 0. The second kappa shape index (κ2) is 3.96. The highest BCUT2D eigenvalue weighted by Gasteiger charge is 2.45. The van der Waals surface area contributed by atoms with Crippen LogP contribution >= 0.6 is 0 Å².